The summed E-state index contributed by atoms with van der Waals surface area (Å²) in [7, 11) is -0.689. The van der Waals surface area contributed by atoms with Gasteiger partial charge in [-0.3, -0.25) is 0 Å². The van der Waals surface area contributed by atoms with Gasteiger partial charge in [-0.25, -0.2) is 0 Å². The van der Waals surface area contributed by atoms with Gasteiger partial charge in [0.1, 0.15) is 0 Å². The SMILES string of the molecule is CCOC(OCC)(OCC)O[SiH2]CCCS. The van der Waals surface area contributed by atoms with Crippen LogP contribution in [-0.2, 0) is 18.6 Å². The summed E-state index contributed by atoms with van der Waals surface area (Å²) in [5, 5.41) is 0. The van der Waals surface area contributed by atoms with Crippen LogP contribution in [0.1, 0.15) is 27.2 Å². The number of hydrogen-bond acceptors (Lipinski definition) is 5. The van der Waals surface area contributed by atoms with Gasteiger partial charge in [-0.15, -0.1) is 0 Å². The first kappa shape index (κ1) is 16.4. The van der Waals surface area contributed by atoms with Crippen molar-refractivity contribution in [1.29, 1.82) is 0 Å². The van der Waals surface area contributed by atoms with Crippen molar-refractivity contribution >= 4 is 22.4 Å². The molecule has 0 aliphatic rings. The number of rotatable bonds is 11. The van der Waals surface area contributed by atoms with Crippen LogP contribution in [0.25, 0.3) is 0 Å². The summed E-state index contributed by atoms with van der Waals surface area (Å²) >= 11 is 4.16. The number of thiol groups is 1. The van der Waals surface area contributed by atoms with Crippen LogP contribution >= 0.6 is 12.6 Å². The normalized spacial score (nSPS) is 12.8. The Morgan fingerprint density at radius 1 is 1.00 bits per heavy atom. The van der Waals surface area contributed by atoms with Crippen LogP contribution in [0.2, 0.25) is 6.04 Å². The molecule has 0 radical (unpaired) electrons. The topological polar surface area (TPSA) is 36.9 Å². The van der Waals surface area contributed by atoms with Gasteiger partial charge in [-0.2, -0.15) is 12.6 Å². The minimum Gasteiger partial charge on any atom is -0.353 e. The Kier molecular flexibility index (Phi) is 10.8. The highest BCUT2D eigenvalue weighted by Crippen LogP contribution is 2.17. The molecule has 98 valence electrons. The van der Waals surface area contributed by atoms with Gasteiger partial charge in [0.05, 0.1) is 19.8 Å². The molecule has 0 aromatic rings. The van der Waals surface area contributed by atoms with Crippen molar-refractivity contribution in [2.45, 2.75) is 39.4 Å². The largest absolute Gasteiger partial charge is 0.402 e. The minimum absolute atomic E-state index is 0.501. The Hall–Kier alpha value is 0.407. The van der Waals surface area contributed by atoms with Crippen LogP contribution in [0.4, 0.5) is 0 Å². The molecule has 0 spiro atoms. The molecule has 0 unspecified atom stereocenters. The van der Waals surface area contributed by atoms with Crippen LogP contribution < -0.4 is 0 Å². The molecule has 0 saturated heterocycles. The predicted molar refractivity (Wildman–Crippen MR) is 70.5 cm³/mol. The van der Waals surface area contributed by atoms with Gasteiger partial charge in [0.15, 0.2) is 9.76 Å². The molecule has 0 saturated carbocycles. The van der Waals surface area contributed by atoms with E-state index in [-0.39, 0.29) is 0 Å². The van der Waals surface area contributed by atoms with E-state index in [2.05, 4.69) is 12.6 Å². The molecule has 16 heavy (non-hydrogen) atoms. The molecule has 0 rings (SSSR count). The van der Waals surface area contributed by atoms with E-state index in [9.17, 15) is 0 Å². The molecular weight excluding hydrogens is 244 g/mol. The minimum atomic E-state index is -1.26. The number of hydrogen-bond donors (Lipinski definition) is 1. The van der Waals surface area contributed by atoms with E-state index < -0.39 is 15.9 Å². The Morgan fingerprint density at radius 2 is 1.50 bits per heavy atom. The van der Waals surface area contributed by atoms with Crippen LogP contribution in [0.5, 0.6) is 0 Å². The van der Waals surface area contributed by atoms with Crippen LogP contribution in [0.15, 0.2) is 0 Å². The molecule has 0 aliphatic carbocycles. The third kappa shape index (κ3) is 6.88. The molecule has 0 atom stereocenters. The fourth-order valence-corrected chi connectivity index (χ4v) is 2.93. The monoisotopic (exact) mass is 268 g/mol. The molecule has 0 aliphatic heterocycles. The lowest BCUT2D eigenvalue weighted by Gasteiger charge is -2.31. The van der Waals surface area contributed by atoms with Crippen molar-refractivity contribution in [1.82, 2.24) is 0 Å². The molecule has 4 nitrogen and oxygen atoms in total. The smallest absolute Gasteiger partial charge is 0.353 e. The predicted octanol–water partition coefficient (Wildman–Crippen LogP) is 1.55. The average molecular weight is 268 g/mol. The van der Waals surface area contributed by atoms with E-state index in [1.54, 1.807) is 0 Å². The Morgan fingerprint density at radius 3 is 1.88 bits per heavy atom. The quantitative estimate of drug-likeness (QED) is 0.267. The van der Waals surface area contributed by atoms with Crippen LogP contribution in [0, 0.1) is 0 Å². The summed E-state index contributed by atoms with van der Waals surface area (Å²) in [4.78, 5) is 0. The maximum absolute atomic E-state index is 5.69. The lowest BCUT2D eigenvalue weighted by Crippen LogP contribution is -2.43. The first-order chi connectivity index (χ1) is 7.74. The second kappa shape index (κ2) is 10.6. The van der Waals surface area contributed by atoms with Crippen molar-refractivity contribution in [2.75, 3.05) is 25.6 Å². The van der Waals surface area contributed by atoms with Crippen molar-refractivity contribution in [2.24, 2.45) is 0 Å². The van der Waals surface area contributed by atoms with Gasteiger partial charge in [0.2, 0.25) is 0 Å². The molecule has 0 bridgehead atoms. The summed E-state index contributed by atoms with van der Waals surface area (Å²) in [6, 6.07) is 1.05. The van der Waals surface area contributed by atoms with Crippen molar-refractivity contribution in [3.05, 3.63) is 0 Å². The summed E-state index contributed by atoms with van der Waals surface area (Å²) in [5.74, 6) is 0.890. The average Bonchev–Trinajstić information content (AvgIpc) is 2.26. The van der Waals surface area contributed by atoms with Gasteiger partial charge < -0.3 is 18.6 Å². The zero-order valence-electron chi connectivity index (χ0n) is 10.5. The van der Waals surface area contributed by atoms with E-state index >= 15 is 0 Å². The Balaban J connectivity index is 4.12. The lowest BCUT2D eigenvalue weighted by molar-refractivity contribution is -0.469. The molecule has 0 amide bonds. The summed E-state index contributed by atoms with van der Waals surface area (Å²) in [5.41, 5.74) is 0. The van der Waals surface area contributed by atoms with Gasteiger partial charge in [-0.05, 0) is 39.0 Å². The van der Waals surface area contributed by atoms with Gasteiger partial charge >= 0.3 is 6.16 Å². The third-order valence-corrected chi connectivity index (χ3v) is 3.46. The Bertz CT molecular complexity index is 143. The van der Waals surface area contributed by atoms with Crippen LogP contribution in [0.3, 0.4) is 0 Å². The highest BCUT2D eigenvalue weighted by molar-refractivity contribution is 7.80. The highest BCUT2D eigenvalue weighted by Gasteiger charge is 2.33. The van der Waals surface area contributed by atoms with Gasteiger partial charge in [-0.1, -0.05) is 0 Å². The lowest BCUT2D eigenvalue weighted by atomic mass is 10.6. The summed E-state index contributed by atoms with van der Waals surface area (Å²) < 4.78 is 22.0. The fourth-order valence-electron chi connectivity index (χ4n) is 1.19. The van der Waals surface area contributed by atoms with Gasteiger partial charge in [0.25, 0.3) is 0 Å². The molecule has 0 heterocycles. The summed E-state index contributed by atoms with van der Waals surface area (Å²) in [6.07, 6.45) is -0.198. The number of ether oxygens (including phenoxy) is 3. The van der Waals surface area contributed by atoms with Crippen molar-refractivity contribution in [3.8, 4) is 0 Å². The zero-order valence-corrected chi connectivity index (χ0v) is 12.8. The second-order valence-electron chi connectivity index (χ2n) is 3.08. The van der Waals surface area contributed by atoms with Gasteiger partial charge in [0, 0.05) is 0 Å². The van der Waals surface area contributed by atoms with Crippen LogP contribution in [-0.4, -0.2) is 41.5 Å². The maximum Gasteiger partial charge on any atom is 0.402 e. The first-order valence-corrected chi connectivity index (χ1v) is 8.12. The summed E-state index contributed by atoms with van der Waals surface area (Å²) in [6.45, 7) is 7.19. The highest BCUT2D eigenvalue weighted by atomic mass is 32.1. The Labute approximate surface area is 106 Å². The van der Waals surface area contributed by atoms with E-state index in [1.807, 2.05) is 20.8 Å². The standard InChI is InChI=1S/C10H24O4SSi/c1-4-11-10(12-5-2,13-6-3)14-16-9-7-8-15/h15H,4-9,16H2,1-3H3. The second-order valence-corrected chi connectivity index (χ2v) is 4.93. The van der Waals surface area contributed by atoms with Crippen molar-refractivity contribution in [3.63, 3.8) is 0 Å². The molecule has 0 aromatic carbocycles. The molecule has 6 heteroatoms. The van der Waals surface area contributed by atoms with E-state index in [0.717, 1.165) is 18.2 Å². The van der Waals surface area contributed by atoms with E-state index in [0.29, 0.717) is 19.8 Å². The first-order valence-electron chi connectivity index (χ1n) is 5.91. The molecule has 0 aromatic heterocycles. The maximum atomic E-state index is 5.69. The van der Waals surface area contributed by atoms with E-state index in [1.165, 1.54) is 0 Å². The molecule has 0 N–H and O–H groups in total. The van der Waals surface area contributed by atoms with E-state index in [4.69, 9.17) is 18.6 Å². The van der Waals surface area contributed by atoms with Crippen molar-refractivity contribution < 1.29 is 18.6 Å². The molecular formula is C10H24O4SSi. The zero-order chi connectivity index (χ0) is 12.3. The molecule has 0 fully saturated rings. The fraction of sp³-hybridized carbons (Fsp3) is 1.00. The third-order valence-electron chi connectivity index (χ3n) is 1.79.